The number of nitrogens with one attached hydrogen (secondary N) is 1. The Labute approximate surface area is 204 Å². The van der Waals surface area contributed by atoms with Gasteiger partial charge in [0.15, 0.2) is 0 Å². The zero-order valence-corrected chi connectivity index (χ0v) is 22.0. The molecule has 1 saturated heterocycles. The molecule has 0 radical (unpaired) electrons. The molecule has 190 valence electrons. The van der Waals surface area contributed by atoms with Gasteiger partial charge in [-0.05, 0) is 85.1 Å². The van der Waals surface area contributed by atoms with E-state index in [1.165, 1.54) is 11.1 Å². The van der Waals surface area contributed by atoms with E-state index in [0.717, 1.165) is 5.69 Å². The fraction of sp³-hybridized carbons (Fsp3) is 0.654. The predicted molar refractivity (Wildman–Crippen MR) is 133 cm³/mol. The number of alkyl carbamates (subject to hydrolysis) is 1. The highest BCUT2D eigenvalue weighted by Crippen LogP contribution is 2.21. The number of anilines is 1. The minimum absolute atomic E-state index is 0.0198. The molecule has 2 rings (SSSR count). The van der Waals surface area contributed by atoms with Crippen LogP contribution in [-0.4, -0.2) is 66.3 Å². The second kappa shape index (κ2) is 11.1. The highest BCUT2D eigenvalue weighted by atomic mass is 16.6. The monoisotopic (exact) mass is 475 g/mol. The van der Waals surface area contributed by atoms with Crippen molar-refractivity contribution in [2.75, 3.05) is 31.1 Å². The van der Waals surface area contributed by atoms with Crippen LogP contribution in [0.4, 0.5) is 10.5 Å². The van der Waals surface area contributed by atoms with Crippen LogP contribution in [0.3, 0.4) is 0 Å². The lowest BCUT2D eigenvalue weighted by Crippen LogP contribution is -2.55. The summed E-state index contributed by atoms with van der Waals surface area (Å²) in [6.45, 7) is 17.3. The van der Waals surface area contributed by atoms with Crippen molar-refractivity contribution < 1.29 is 23.9 Å². The van der Waals surface area contributed by atoms with Gasteiger partial charge in [0.2, 0.25) is 5.91 Å². The molecule has 1 fully saturated rings. The van der Waals surface area contributed by atoms with Gasteiger partial charge in [-0.15, -0.1) is 0 Å². The van der Waals surface area contributed by atoms with E-state index in [0.29, 0.717) is 26.2 Å². The first-order valence-electron chi connectivity index (χ1n) is 12.0. The number of benzene rings is 1. The van der Waals surface area contributed by atoms with Gasteiger partial charge in [0.05, 0.1) is 0 Å². The number of nitrogens with zero attached hydrogens (tertiary/aromatic N) is 2. The van der Waals surface area contributed by atoms with Gasteiger partial charge in [-0.25, -0.2) is 4.79 Å². The maximum atomic E-state index is 13.3. The Kier molecular flexibility index (Phi) is 8.97. The number of ether oxygens (including phenoxy) is 2. The first-order valence-corrected chi connectivity index (χ1v) is 12.0. The minimum Gasteiger partial charge on any atom is -0.460 e. The lowest BCUT2D eigenvalue weighted by Gasteiger charge is -2.38. The normalized spacial score (nSPS) is 15.5. The molecule has 1 unspecified atom stereocenters. The molecule has 1 aromatic carbocycles. The van der Waals surface area contributed by atoms with Crippen LogP contribution in [0.2, 0.25) is 0 Å². The SMILES string of the molecule is Cc1cc(C)cc(N2CCN(C(=O)C(CCC(=O)OC(C)(C)C)NC(=O)OC(C)(C)C)CC2)c1. The highest BCUT2D eigenvalue weighted by Gasteiger charge is 2.31. The molecule has 0 aliphatic carbocycles. The molecule has 1 atom stereocenters. The van der Waals surface area contributed by atoms with Crippen LogP contribution >= 0.6 is 0 Å². The fourth-order valence-corrected chi connectivity index (χ4v) is 3.90. The Morgan fingerprint density at radius 2 is 1.41 bits per heavy atom. The summed E-state index contributed by atoms with van der Waals surface area (Å²) in [5.41, 5.74) is 2.26. The predicted octanol–water partition coefficient (Wildman–Crippen LogP) is 3.97. The zero-order valence-electron chi connectivity index (χ0n) is 22.0. The number of piperazine rings is 1. The van der Waals surface area contributed by atoms with Crippen LogP contribution in [0.1, 0.15) is 65.5 Å². The first kappa shape index (κ1) is 27.5. The van der Waals surface area contributed by atoms with Gasteiger partial charge in [0, 0.05) is 38.3 Å². The number of hydrogen-bond donors (Lipinski definition) is 1. The standard InChI is InChI=1S/C26H41N3O5/c1-18-15-19(2)17-20(16-18)28-11-13-29(14-12-28)23(31)21(27-24(32)34-26(6,7)8)9-10-22(30)33-25(3,4)5/h15-17,21H,9-14H2,1-8H3,(H,27,32). The number of carbonyl (C=O) groups is 3. The molecule has 1 aromatic rings. The summed E-state index contributed by atoms with van der Waals surface area (Å²) < 4.78 is 10.7. The van der Waals surface area contributed by atoms with E-state index in [2.05, 4.69) is 42.3 Å². The van der Waals surface area contributed by atoms with E-state index in [1.807, 2.05) is 0 Å². The Morgan fingerprint density at radius 3 is 1.91 bits per heavy atom. The lowest BCUT2D eigenvalue weighted by molar-refractivity contribution is -0.155. The number of esters is 1. The minimum atomic E-state index is -0.866. The molecule has 0 aromatic heterocycles. The topological polar surface area (TPSA) is 88.2 Å². The van der Waals surface area contributed by atoms with Crippen LogP contribution in [0.25, 0.3) is 0 Å². The van der Waals surface area contributed by atoms with Gasteiger partial charge < -0.3 is 24.6 Å². The van der Waals surface area contributed by atoms with Gasteiger partial charge in [-0.3, -0.25) is 9.59 Å². The van der Waals surface area contributed by atoms with E-state index >= 15 is 0 Å². The molecule has 8 heteroatoms. The van der Waals surface area contributed by atoms with Crippen molar-refractivity contribution >= 4 is 23.7 Å². The molecule has 0 saturated carbocycles. The largest absolute Gasteiger partial charge is 0.460 e. The van der Waals surface area contributed by atoms with Crippen molar-refractivity contribution in [2.24, 2.45) is 0 Å². The van der Waals surface area contributed by atoms with Crippen molar-refractivity contribution in [1.29, 1.82) is 0 Å². The van der Waals surface area contributed by atoms with Gasteiger partial charge in [0.1, 0.15) is 17.2 Å². The Bertz CT molecular complexity index is 857. The van der Waals surface area contributed by atoms with Gasteiger partial charge >= 0.3 is 12.1 Å². The third-order valence-corrected chi connectivity index (χ3v) is 5.21. The Balaban J connectivity index is 2.04. The van der Waals surface area contributed by atoms with Crippen LogP contribution in [-0.2, 0) is 19.1 Å². The third kappa shape index (κ3) is 9.23. The summed E-state index contributed by atoms with van der Waals surface area (Å²) in [6, 6.07) is 5.58. The van der Waals surface area contributed by atoms with Crippen LogP contribution in [0.5, 0.6) is 0 Å². The summed E-state index contributed by atoms with van der Waals surface area (Å²) in [5, 5.41) is 2.67. The summed E-state index contributed by atoms with van der Waals surface area (Å²) >= 11 is 0. The number of amides is 2. The molecule has 0 bridgehead atoms. The van der Waals surface area contributed by atoms with E-state index in [9.17, 15) is 14.4 Å². The third-order valence-electron chi connectivity index (χ3n) is 5.21. The Morgan fingerprint density at radius 1 is 0.882 bits per heavy atom. The number of rotatable bonds is 6. The summed E-state index contributed by atoms with van der Waals surface area (Å²) in [7, 11) is 0. The van der Waals surface area contributed by atoms with E-state index in [-0.39, 0.29) is 18.7 Å². The second-order valence-electron chi connectivity index (χ2n) is 11.0. The fourth-order valence-electron chi connectivity index (χ4n) is 3.90. The number of carbonyl (C=O) groups excluding carboxylic acids is 3. The molecule has 1 N–H and O–H groups in total. The quantitative estimate of drug-likeness (QED) is 0.627. The van der Waals surface area contributed by atoms with Crippen LogP contribution in [0.15, 0.2) is 18.2 Å². The molecule has 8 nitrogen and oxygen atoms in total. The summed E-state index contributed by atoms with van der Waals surface area (Å²) in [4.78, 5) is 42.0. The van der Waals surface area contributed by atoms with E-state index < -0.39 is 29.3 Å². The smallest absolute Gasteiger partial charge is 0.408 e. The molecule has 1 aliphatic rings. The summed E-state index contributed by atoms with van der Waals surface area (Å²) in [6.07, 6.45) is -0.514. The average Bonchev–Trinajstić information content (AvgIpc) is 2.67. The van der Waals surface area contributed by atoms with Gasteiger partial charge in [-0.2, -0.15) is 0 Å². The van der Waals surface area contributed by atoms with E-state index in [4.69, 9.17) is 9.47 Å². The lowest BCUT2D eigenvalue weighted by atomic mass is 10.1. The molecule has 0 spiro atoms. The summed E-state index contributed by atoms with van der Waals surface area (Å²) in [5.74, 6) is -0.620. The molecule has 1 heterocycles. The van der Waals surface area contributed by atoms with Crippen molar-refractivity contribution in [3.8, 4) is 0 Å². The molecule has 2 amide bonds. The van der Waals surface area contributed by atoms with Crippen molar-refractivity contribution in [2.45, 2.75) is 85.5 Å². The molecular formula is C26H41N3O5. The van der Waals surface area contributed by atoms with Crippen molar-refractivity contribution in [3.63, 3.8) is 0 Å². The number of hydrogen-bond acceptors (Lipinski definition) is 6. The first-order chi connectivity index (χ1) is 15.6. The Hall–Kier alpha value is -2.77. The molecular weight excluding hydrogens is 434 g/mol. The van der Waals surface area contributed by atoms with Crippen molar-refractivity contribution in [3.05, 3.63) is 29.3 Å². The second-order valence-corrected chi connectivity index (χ2v) is 11.0. The zero-order chi connectivity index (χ0) is 25.7. The van der Waals surface area contributed by atoms with Gasteiger partial charge in [0.25, 0.3) is 0 Å². The van der Waals surface area contributed by atoms with E-state index in [1.54, 1.807) is 46.4 Å². The average molecular weight is 476 g/mol. The maximum absolute atomic E-state index is 13.3. The number of aryl methyl sites for hydroxylation is 2. The van der Waals surface area contributed by atoms with Gasteiger partial charge in [-0.1, -0.05) is 6.07 Å². The van der Waals surface area contributed by atoms with Crippen molar-refractivity contribution in [1.82, 2.24) is 10.2 Å². The molecule has 34 heavy (non-hydrogen) atoms. The highest BCUT2D eigenvalue weighted by molar-refractivity contribution is 5.86. The van der Waals surface area contributed by atoms with Crippen LogP contribution in [0, 0.1) is 13.8 Å². The maximum Gasteiger partial charge on any atom is 0.408 e. The molecule has 1 aliphatic heterocycles. The van der Waals surface area contributed by atoms with Crippen LogP contribution < -0.4 is 10.2 Å².